The first-order chi connectivity index (χ1) is 8.63. The number of nitriles is 1. The second-order valence-electron chi connectivity index (χ2n) is 4.02. The molecule has 0 aliphatic carbocycles. The van der Waals surface area contributed by atoms with Gasteiger partial charge in [0.05, 0.1) is 11.3 Å². The molecular formula is C12H12BrN3O2. The van der Waals surface area contributed by atoms with Gasteiger partial charge in [0.1, 0.15) is 12.1 Å². The lowest BCUT2D eigenvalue weighted by molar-refractivity contribution is -0.138. The fraction of sp³-hybridized carbons (Fsp3) is 0.333. The van der Waals surface area contributed by atoms with Crippen LogP contribution in [-0.2, 0) is 4.79 Å². The number of halogens is 1. The predicted octanol–water partition coefficient (Wildman–Crippen LogP) is 1.18. The number of carboxylic acid groups (broad SMARTS) is 1. The SMILES string of the molecule is N#Cc1cc(Br)ccc1N1CCNCC1C(=O)O. The van der Waals surface area contributed by atoms with E-state index in [4.69, 9.17) is 5.26 Å². The third kappa shape index (κ3) is 2.47. The van der Waals surface area contributed by atoms with Crippen molar-refractivity contribution >= 4 is 27.6 Å². The Bertz CT molecular complexity index is 513. The zero-order valence-corrected chi connectivity index (χ0v) is 11.1. The van der Waals surface area contributed by atoms with Crippen LogP contribution in [0.15, 0.2) is 22.7 Å². The van der Waals surface area contributed by atoms with Gasteiger partial charge in [0, 0.05) is 24.1 Å². The van der Waals surface area contributed by atoms with Crippen LogP contribution < -0.4 is 10.2 Å². The predicted molar refractivity (Wildman–Crippen MR) is 70.5 cm³/mol. The summed E-state index contributed by atoms with van der Waals surface area (Å²) in [6, 6.07) is 6.78. The molecule has 0 radical (unpaired) electrons. The molecule has 6 heteroatoms. The first-order valence-corrected chi connectivity index (χ1v) is 6.32. The molecule has 0 amide bonds. The van der Waals surface area contributed by atoms with Gasteiger partial charge >= 0.3 is 5.97 Å². The quantitative estimate of drug-likeness (QED) is 0.858. The molecule has 1 aliphatic rings. The van der Waals surface area contributed by atoms with Gasteiger partial charge < -0.3 is 15.3 Å². The van der Waals surface area contributed by atoms with Gasteiger partial charge in [-0.2, -0.15) is 5.26 Å². The van der Waals surface area contributed by atoms with Crippen LogP contribution in [0.2, 0.25) is 0 Å². The topological polar surface area (TPSA) is 76.4 Å². The van der Waals surface area contributed by atoms with Crippen LogP contribution in [0.1, 0.15) is 5.56 Å². The first-order valence-electron chi connectivity index (χ1n) is 5.53. The van der Waals surface area contributed by atoms with Crippen molar-refractivity contribution in [2.45, 2.75) is 6.04 Å². The highest BCUT2D eigenvalue weighted by molar-refractivity contribution is 9.10. The molecule has 0 bridgehead atoms. The Morgan fingerprint density at radius 3 is 3.06 bits per heavy atom. The van der Waals surface area contributed by atoms with Gasteiger partial charge in [-0.15, -0.1) is 0 Å². The third-order valence-corrected chi connectivity index (χ3v) is 3.41. The van der Waals surface area contributed by atoms with Crippen molar-refractivity contribution in [1.29, 1.82) is 5.26 Å². The molecular weight excluding hydrogens is 298 g/mol. The monoisotopic (exact) mass is 309 g/mol. The van der Waals surface area contributed by atoms with Crippen molar-refractivity contribution in [2.24, 2.45) is 0 Å². The molecule has 1 aliphatic heterocycles. The van der Waals surface area contributed by atoms with E-state index in [-0.39, 0.29) is 0 Å². The van der Waals surface area contributed by atoms with E-state index < -0.39 is 12.0 Å². The zero-order chi connectivity index (χ0) is 13.1. The molecule has 0 saturated carbocycles. The maximum absolute atomic E-state index is 11.2. The summed E-state index contributed by atoms with van der Waals surface area (Å²) in [5.41, 5.74) is 1.16. The molecule has 1 saturated heterocycles. The van der Waals surface area contributed by atoms with Gasteiger partial charge in [0.25, 0.3) is 0 Å². The van der Waals surface area contributed by atoms with Crippen molar-refractivity contribution in [3.8, 4) is 6.07 Å². The van der Waals surface area contributed by atoms with Crippen LogP contribution in [0.25, 0.3) is 0 Å². The largest absolute Gasteiger partial charge is 0.480 e. The van der Waals surface area contributed by atoms with Crippen LogP contribution in [0.5, 0.6) is 0 Å². The second-order valence-corrected chi connectivity index (χ2v) is 4.94. The number of nitrogens with one attached hydrogen (secondary N) is 1. The Kier molecular flexibility index (Phi) is 3.84. The van der Waals surface area contributed by atoms with Crippen molar-refractivity contribution < 1.29 is 9.90 Å². The summed E-state index contributed by atoms with van der Waals surface area (Å²) in [4.78, 5) is 13.0. The first kappa shape index (κ1) is 12.9. The Morgan fingerprint density at radius 1 is 1.61 bits per heavy atom. The van der Waals surface area contributed by atoms with Gasteiger partial charge in [-0.25, -0.2) is 4.79 Å². The standard InChI is InChI=1S/C12H12BrN3O2/c13-9-1-2-10(8(5-9)6-14)16-4-3-15-7-11(16)12(17)18/h1-2,5,11,15H,3-4,7H2,(H,17,18). The molecule has 1 heterocycles. The van der Waals surface area contributed by atoms with Crippen molar-refractivity contribution in [3.05, 3.63) is 28.2 Å². The lowest BCUT2D eigenvalue weighted by atomic mass is 10.1. The Labute approximate surface area is 113 Å². The zero-order valence-electron chi connectivity index (χ0n) is 9.56. The van der Waals surface area contributed by atoms with Crippen molar-refractivity contribution in [3.63, 3.8) is 0 Å². The number of hydrogen-bond acceptors (Lipinski definition) is 4. The molecule has 1 atom stereocenters. The molecule has 0 aromatic heterocycles. The number of rotatable bonds is 2. The van der Waals surface area contributed by atoms with Gasteiger partial charge in [-0.05, 0) is 18.2 Å². The Balaban J connectivity index is 2.40. The highest BCUT2D eigenvalue weighted by Gasteiger charge is 2.29. The fourth-order valence-corrected chi connectivity index (χ4v) is 2.42. The average molecular weight is 310 g/mol. The van der Waals surface area contributed by atoms with Gasteiger partial charge in [-0.1, -0.05) is 15.9 Å². The number of carboxylic acids is 1. The molecule has 5 nitrogen and oxygen atoms in total. The van der Waals surface area contributed by atoms with Crippen LogP contribution >= 0.6 is 15.9 Å². The van der Waals surface area contributed by atoms with E-state index in [9.17, 15) is 9.90 Å². The van der Waals surface area contributed by atoms with Crippen LogP contribution in [-0.4, -0.2) is 36.8 Å². The number of nitrogens with zero attached hydrogens (tertiary/aromatic N) is 2. The summed E-state index contributed by atoms with van der Waals surface area (Å²) in [5, 5.41) is 21.4. The minimum absolute atomic E-state index is 0.385. The molecule has 2 N–H and O–H groups in total. The lowest BCUT2D eigenvalue weighted by Gasteiger charge is -2.35. The third-order valence-electron chi connectivity index (χ3n) is 2.92. The molecule has 1 aromatic carbocycles. The second kappa shape index (κ2) is 5.38. The molecule has 1 unspecified atom stereocenters. The van der Waals surface area contributed by atoms with E-state index in [0.717, 1.165) is 4.47 Å². The lowest BCUT2D eigenvalue weighted by Crippen LogP contribution is -2.55. The summed E-state index contributed by atoms with van der Waals surface area (Å²) in [7, 11) is 0. The van der Waals surface area contributed by atoms with E-state index in [1.165, 1.54) is 0 Å². The van der Waals surface area contributed by atoms with Crippen LogP contribution in [0.4, 0.5) is 5.69 Å². The average Bonchev–Trinajstić information content (AvgIpc) is 2.38. The summed E-state index contributed by atoms with van der Waals surface area (Å²) in [6.07, 6.45) is 0. The molecule has 94 valence electrons. The van der Waals surface area contributed by atoms with Gasteiger partial charge in [0.2, 0.25) is 0 Å². The van der Waals surface area contributed by atoms with Gasteiger partial charge in [-0.3, -0.25) is 0 Å². The van der Waals surface area contributed by atoms with E-state index >= 15 is 0 Å². The van der Waals surface area contributed by atoms with Crippen LogP contribution in [0, 0.1) is 11.3 Å². The minimum Gasteiger partial charge on any atom is -0.480 e. The fourth-order valence-electron chi connectivity index (χ4n) is 2.06. The summed E-state index contributed by atoms with van der Waals surface area (Å²) >= 11 is 3.31. The number of anilines is 1. The summed E-state index contributed by atoms with van der Waals surface area (Å²) in [6.45, 7) is 1.67. The van der Waals surface area contributed by atoms with Crippen molar-refractivity contribution in [2.75, 3.05) is 24.5 Å². The summed E-state index contributed by atoms with van der Waals surface area (Å²) in [5.74, 6) is -0.881. The number of benzene rings is 1. The maximum atomic E-state index is 11.2. The molecule has 1 fully saturated rings. The highest BCUT2D eigenvalue weighted by atomic mass is 79.9. The van der Waals surface area contributed by atoms with Crippen molar-refractivity contribution in [1.82, 2.24) is 5.32 Å². The number of hydrogen-bond donors (Lipinski definition) is 2. The molecule has 2 rings (SSSR count). The number of carbonyl (C=O) groups is 1. The normalized spacial score (nSPS) is 19.3. The molecule has 0 spiro atoms. The maximum Gasteiger partial charge on any atom is 0.327 e. The van der Waals surface area contributed by atoms with Gasteiger partial charge in [0.15, 0.2) is 0 Å². The van der Waals surface area contributed by atoms with E-state index in [2.05, 4.69) is 27.3 Å². The van der Waals surface area contributed by atoms with Crippen LogP contribution in [0.3, 0.4) is 0 Å². The van der Waals surface area contributed by atoms with E-state index in [1.807, 2.05) is 6.07 Å². The summed E-state index contributed by atoms with van der Waals surface area (Å²) < 4.78 is 0.810. The Hall–Kier alpha value is -1.58. The number of piperazine rings is 1. The van der Waals surface area contributed by atoms with E-state index in [1.54, 1.807) is 17.0 Å². The number of aliphatic carboxylic acids is 1. The highest BCUT2D eigenvalue weighted by Crippen LogP contribution is 2.26. The Morgan fingerprint density at radius 2 is 2.39 bits per heavy atom. The minimum atomic E-state index is -0.881. The molecule has 1 aromatic rings. The molecule has 18 heavy (non-hydrogen) atoms. The van der Waals surface area contributed by atoms with E-state index in [0.29, 0.717) is 30.9 Å². The smallest absolute Gasteiger partial charge is 0.327 e.